The van der Waals surface area contributed by atoms with Crippen molar-refractivity contribution in [3.8, 4) is 0 Å². The molecule has 0 aromatic heterocycles. The van der Waals surface area contributed by atoms with Gasteiger partial charge in [-0.25, -0.2) is 4.79 Å². The van der Waals surface area contributed by atoms with Crippen molar-refractivity contribution < 1.29 is 14.7 Å². The topological polar surface area (TPSA) is 81.7 Å². The van der Waals surface area contributed by atoms with E-state index in [4.69, 9.17) is 0 Å². The van der Waals surface area contributed by atoms with Crippen LogP contribution in [0.4, 0.5) is 16.2 Å². The number of benzene rings is 2. The fourth-order valence-corrected chi connectivity index (χ4v) is 4.53. The number of nitrogens with one attached hydrogen (secondary N) is 2. The fraction of sp³-hybridized carbons (Fsp3) is 0.417. The summed E-state index contributed by atoms with van der Waals surface area (Å²) in [6, 6.07) is 11.8. The van der Waals surface area contributed by atoms with Crippen LogP contribution in [-0.2, 0) is 10.5 Å². The first kappa shape index (κ1) is 20.4. The van der Waals surface area contributed by atoms with Crippen LogP contribution in [0, 0.1) is 19.8 Å². The lowest BCUT2D eigenvalue weighted by atomic mass is 9.85. The van der Waals surface area contributed by atoms with Crippen LogP contribution >= 0.6 is 0 Å². The van der Waals surface area contributed by atoms with Gasteiger partial charge in [0.25, 0.3) is 11.6 Å². The van der Waals surface area contributed by atoms with E-state index in [0.717, 1.165) is 36.8 Å². The summed E-state index contributed by atoms with van der Waals surface area (Å²) >= 11 is 0. The van der Waals surface area contributed by atoms with Crippen LogP contribution in [-0.4, -0.2) is 23.1 Å². The monoisotopic (exact) mass is 407 g/mol. The maximum absolute atomic E-state index is 13.6. The molecule has 30 heavy (non-hydrogen) atoms. The SMILES string of the molecule is Cc1ccc(N2C(=O)Nc3ccccc3[C@]2(O)C(=O)N[C@@H]2CCCC[C@@H]2C)cc1C. The van der Waals surface area contributed by atoms with Crippen LogP contribution in [0.1, 0.15) is 49.3 Å². The predicted octanol–water partition coefficient (Wildman–Crippen LogP) is 4.20. The number of carbonyl (C=O) groups is 2. The largest absolute Gasteiger partial charge is 0.359 e. The number of fused-ring (bicyclic) bond motifs is 1. The van der Waals surface area contributed by atoms with Gasteiger partial charge in [0.2, 0.25) is 0 Å². The summed E-state index contributed by atoms with van der Waals surface area (Å²) < 4.78 is 0. The van der Waals surface area contributed by atoms with Crippen molar-refractivity contribution in [2.24, 2.45) is 5.92 Å². The second-order valence-electron chi connectivity index (χ2n) is 8.59. The van der Waals surface area contributed by atoms with Crippen molar-refractivity contribution in [2.75, 3.05) is 10.2 Å². The third-order valence-corrected chi connectivity index (χ3v) is 6.56. The zero-order chi connectivity index (χ0) is 21.5. The lowest BCUT2D eigenvalue weighted by Crippen LogP contribution is -2.64. The smallest absolute Gasteiger partial charge is 0.329 e. The molecule has 3 N–H and O–H groups in total. The van der Waals surface area contributed by atoms with E-state index in [9.17, 15) is 14.7 Å². The zero-order valence-corrected chi connectivity index (χ0v) is 17.7. The number of nitrogens with zero attached hydrogens (tertiary/aromatic N) is 1. The molecule has 1 aliphatic heterocycles. The molecule has 2 aromatic carbocycles. The number of urea groups is 1. The van der Waals surface area contributed by atoms with Crippen LogP contribution in [0.5, 0.6) is 0 Å². The van der Waals surface area contributed by atoms with Gasteiger partial charge in [-0.1, -0.05) is 44.0 Å². The third kappa shape index (κ3) is 3.35. The molecule has 1 saturated carbocycles. The summed E-state index contributed by atoms with van der Waals surface area (Å²) in [6.07, 6.45) is 4.12. The number of aliphatic hydroxyl groups is 1. The quantitative estimate of drug-likeness (QED) is 0.713. The lowest BCUT2D eigenvalue weighted by Gasteiger charge is -2.44. The minimum absolute atomic E-state index is 0.0194. The van der Waals surface area contributed by atoms with Crippen LogP contribution in [0.2, 0.25) is 0 Å². The van der Waals surface area contributed by atoms with Gasteiger partial charge in [-0.05, 0) is 61.9 Å². The number of hydrogen-bond donors (Lipinski definition) is 3. The number of para-hydroxylation sites is 1. The van der Waals surface area contributed by atoms with E-state index in [1.54, 1.807) is 30.3 Å². The van der Waals surface area contributed by atoms with Gasteiger partial charge in [-0.2, -0.15) is 0 Å². The highest BCUT2D eigenvalue weighted by atomic mass is 16.3. The van der Waals surface area contributed by atoms with Crippen molar-refractivity contribution in [1.29, 1.82) is 0 Å². The fourth-order valence-electron chi connectivity index (χ4n) is 4.53. The van der Waals surface area contributed by atoms with E-state index in [-0.39, 0.29) is 6.04 Å². The molecule has 1 heterocycles. The summed E-state index contributed by atoms with van der Waals surface area (Å²) in [6.45, 7) is 6.04. The van der Waals surface area contributed by atoms with Gasteiger partial charge in [0.05, 0.1) is 5.69 Å². The molecule has 0 unspecified atom stereocenters. The number of carbonyl (C=O) groups excluding carboxylic acids is 2. The molecular formula is C24H29N3O3. The first-order valence-electron chi connectivity index (χ1n) is 10.6. The molecule has 0 saturated heterocycles. The molecule has 6 nitrogen and oxygen atoms in total. The molecule has 0 spiro atoms. The molecule has 3 amide bonds. The highest BCUT2D eigenvalue weighted by molar-refractivity contribution is 6.11. The van der Waals surface area contributed by atoms with E-state index in [2.05, 4.69) is 17.6 Å². The highest BCUT2D eigenvalue weighted by Crippen LogP contribution is 2.40. The van der Waals surface area contributed by atoms with E-state index in [1.165, 1.54) is 4.90 Å². The Balaban J connectivity index is 1.80. The minimum Gasteiger partial charge on any atom is -0.359 e. The van der Waals surface area contributed by atoms with Crippen molar-refractivity contribution in [3.05, 3.63) is 59.2 Å². The molecule has 6 heteroatoms. The number of anilines is 2. The average Bonchev–Trinajstić information content (AvgIpc) is 2.72. The van der Waals surface area contributed by atoms with Gasteiger partial charge in [0.1, 0.15) is 0 Å². The Morgan fingerprint density at radius 3 is 2.60 bits per heavy atom. The third-order valence-electron chi connectivity index (χ3n) is 6.56. The zero-order valence-electron chi connectivity index (χ0n) is 17.7. The van der Waals surface area contributed by atoms with Crippen molar-refractivity contribution in [2.45, 2.75) is 58.2 Å². The van der Waals surface area contributed by atoms with Crippen LogP contribution in [0.25, 0.3) is 0 Å². The highest BCUT2D eigenvalue weighted by Gasteiger charge is 2.52. The second kappa shape index (κ2) is 7.76. The van der Waals surface area contributed by atoms with Crippen LogP contribution in [0.3, 0.4) is 0 Å². The Hall–Kier alpha value is -2.86. The molecule has 0 bridgehead atoms. The summed E-state index contributed by atoms with van der Waals surface area (Å²) in [7, 11) is 0. The van der Waals surface area contributed by atoms with Gasteiger partial charge in [0, 0.05) is 17.3 Å². The molecule has 2 aliphatic rings. The molecule has 158 valence electrons. The minimum atomic E-state index is -2.14. The van der Waals surface area contributed by atoms with Gasteiger partial charge in [-0.15, -0.1) is 0 Å². The number of amides is 3. The summed E-state index contributed by atoms with van der Waals surface area (Å²) in [5.41, 5.74) is 1.18. The first-order chi connectivity index (χ1) is 14.3. The maximum Gasteiger partial charge on any atom is 0.329 e. The van der Waals surface area contributed by atoms with E-state index < -0.39 is 17.7 Å². The Kier molecular flexibility index (Phi) is 5.28. The van der Waals surface area contributed by atoms with E-state index >= 15 is 0 Å². The molecule has 1 fully saturated rings. The van der Waals surface area contributed by atoms with Crippen molar-refractivity contribution >= 4 is 23.3 Å². The summed E-state index contributed by atoms with van der Waals surface area (Å²) in [5, 5.41) is 17.8. The molecule has 3 atom stereocenters. The Bertz CT molecular complexity index is 989. The van der Waals surface area contributed by atoms with E-state index in [0.29, 0.717) is 22.9 Å². The molecule has 2 aromatic rings. The average molecular weight is 408 g/mol. The maximum atomic E-state index is 13.6. The molecule has 1 aliphatic carbocycles. The molecule has 4 rings (SSSR count). The van der Waals surface area contributed by atoms with Crippen LogP contribution in [0.15, 0.2) is 42.5 Å². The van der Waals surface area contributed by atoms with Crippen molar-refractivity contribution in [1.82, 2.24) is 5.32 Å². The Morgan fingerprint density at radius 1 is 1.13 bits per heavy atom. The van der Waals surface area contributed by atoms with Gasteiger partial charge in [-0.3, -0.25) is 9.69 Å². The van der Waals surface area contributed by atoms with E-state index in [1.807, 2.05) is 26.0 Å². The Labute approximate surface area is 177 Å². The predicted molar refractivity (Wildman–Crippen MR) is 117 cm³/mol. The Morgan fingerprint density at radius 2 is 1.87 bits per heavy atom. The molecular weight excluding hydrogens is 378 g/mol. The summed E-state index contributed by atoms with van der Waals surface area (Å²) in [4.78, 5) is 27.9. The first-order valence-corrected chi connectivity index (χ1v) is 10.6. The van der Waals surface area contributed by atoms with Gasteiger partial charge < -0.3 is 15.7 Å². The van der Waals surface area contributed by atoms with Crippen LogP contribution < -0.4 is 15.5 Å². The lowest BCUT2D eigenvalue weighted by molar-refractivity contribution is -0.141. The standard InChI is InChI=1S/C24H29N3O3/c1-15-12-13-18(14-17(15)3)27-23(29)26-21-11-7-5-9-19(21)24(27,30)22(28)25-20-10-6-4-8-16(20)2/h5,7,9,11-14,16,20,30H,4,6,8,10H2,1-3H3,(H,25,28)(H,26,29)/t16-,20+,24-/m0/s1. The number of aryl methyl sites for hydroxylation is 2. The van der Waals surface area contributed by atoms with Gasteiger partial charge >= 0.3 is 6.03 Å². The molecule has 0 radical (unpaired) electrons. The van der Waals surface area contributed by atoms with Gasteiger partial charge in [0.15, 0.2) is 0 Å². The normalized spacial score (nSPS) is 26.0. The second-order valence-corrected chi connectivity index (χ2v) is 8.59. The summed E-state index contributed by atoms with van der Waals surface area (Å²) in [5.74, 6) is -0.240. The van der Waals surface area contributed by atoms with Crippen molar-refractivity contribution in [3.63, 3.8) is 0 Å². The number of hydrogen-bond acceptors (Lipinski definition) is 3. The number of rotatable bonds is 3.